The molecule has 1 aromatic carbocycles. The van der Waals surface area contributed by atoms with E-state index in [1.807, 2.05) is 30.3 Å². The van der Waals surface area contributed by atoms with Crippen LogP contribution in [0.15, 0.2) is 33.7 Å². The smallest absolute Gasteiger partial charge is 0.328 e. The van der Waals surface area contributed by atoms with Crippen LogP contribution in [0.25, 0.3) is 11.1 Å². The van der Waals surface area contributed by atoms with Crippen molar-refractivity contribution in [1.82, 2.24) is 4.98 Å². The van der Waals surface area contributed by atoms with E-state index in [1.165, 1.54) is 6.21 Å². The minimum atomic E-state index is -1.02. The Morgan fingerprint density at radius 2 is 2.21 bits per heavy atom. The van der Waals surface area contributed by atoms with E-state index in [0.717, 1.165) is 5.52 Å². The Balaban J connectivity index is 2.26. The number of nitrogens with zero attached hydrogens (tertiary/aromatic N) is 3. The van der Waals surface area contributed by atoms with Crippen molar-refractivity contribution >= 4 is 23.3 Å². The lowest BCUT2D eigenvalue weighted by Gasteiger charge is -2.11. The highest BCUT2D eigenvalue weighted by Gasteiger charge is 2.21. The highest BCUT2D eigenvalue weighted by Crippen LogP contribution is 2.27. The largest absolute Gasteiger partial charge is 0.465 e. The van der Waals surface area contributed by atoms with Gasteiger partial charge in [0, 0.05) is 6.21 Å². The Hall–Kier alpha value is -2.68. The molecule has 6 nitrogen and oxygen atoms in total. The highest BCUT2D eigenvalue weighted by molar-refractivity contribution is 5.92. The number of benzene rings is 1. The second-order valence-corrected chi connectivity index (χ2v) is 5.82. The lowest BCUT2D eigenvalue weighted by atomic mass is 10.0. The first-order valence-electron chi connectivity index (χ1n) is 8.00. The van der Waals surface area contributed by atoms with Crippen molar-refractivity contribution < 1.29 is 13.9 Å². The molecule has 0 fully saturated rings. The molecule has 0 saturated heterocycles. The van der Waals surface area contributed by atoms with E-state index < -0.39 is 11.9 Å². The van der Waals surface area contributed by atoms with E-state index in [4.69, 9.17) is 14.4 Å². The number of aromatic nitrogens is 1. The number of hydrogen-bond donors (Lipinski definition) is 0. The number of ether oxygens (including phenoxy) is 1. The number of rotatable bonds is 7. The molecule has 2 aromatic rings. The third-order valence-corrected chi connectivity index (χ3v) is 3.38. The highest BCUT2D eigenvalue weighted by atomic mass is 16.5. The van der Waals surface area contributed by atoms with Crippen LogP contribution < -0.4 is 0 Å². The summed E-state index contributed by atoms with van der Waals surface area (Å²) in [5, 5.41) is 9.12. The van der Waals surface area contributed by atoms with Crippen molar-refractivity contribution in [3.8, 4) is 6.07 Å². The first-order valence-corrected chi connectivity index (χ1v) is 8.00. The van der Waals surface area contributed by atoms with Gasteiger partial charge in [-0.2, -0.15) is 5.26 Å². The zero-order valence-corrected chi connectivity index (χ0v) is 14.1. The van der Waals surface area contributed by atoms with Gasteiger partial charge in [-0.05, 0) is 31.4 Å². The molecular formula is C18H21N3O3. The Kier molecular flexibility index (Phi) is 6.07. The monoisotopic (exact) mass is 327 g/mol. The van der Waals surface area contributed by atoms with Gasteiger partial charge in [0.05, 0.1) is 12.7 Å². The molecule has 0 bridgehead atoms. The van der Waals surface area contributed by atoms with Gasteiger partial charge in [0.2, 0.25) is 5.89 Å². The minimum absolute atomic E-state index is 0.228. The summed E-state index contributed by atoms with van der Waals surface area (Å²) >= 11 is 0. The summed E-state index contributed by atoms with van der Waals surface area (Å²) in [6, 6.07) is 9.04. The van der Waals surface area contributed by atoms with Crippen molar-refractivity contribution in [2.45, 2.75) is 33.2 Å². The molecule has 0 saturated carbocycles. The molecule has 0 aliphatic rings. The van der Waals surface area contributed by atoms with Crippen LogP contribution in [0.1, 0.15) is 39.1 Å². The molecule has 2 rings (SSSR count). The fourth-order valence-corrected chi connectivity index (χ4v) is 2.27. The van der Waals surface area contributed by atoms with Crippen LogP contribution in [0.2, 0.25) is 0 Å². The van der Waals surface area contributed by atoms with Gasteiger partial charge >= 0.3 is 5.97 Å². The van der Waals surface area contributed by atoms with Gasteiger partial charge in [-0.15, -0.1) is 0 Å². The van der Waals surface area contributed by atoms with Gasteiger partial charge < -0.3 is 9.15 Å². The van der Waals surface area contributed by atoms with Crippen LogP contribution >= 0.6 is 0 Å². The standard InChI is InChI=1S/C18H21N3O3/c1-4-23-18(22)13(10-19)11-20-15(9-12(2)3)17-21-14-7-5-6-8-16(14)24-17/h5-8,11-13,15H,4,9H2,1-3H3/t13-,15+/m1/s1. The quantitative estimate of drug-likeness (QED) is 0.571. The van der Waals surface area contributed by atoms with E-state index >= 15 is 0 Å². The Bertz CT molecular complexity index is 725. The third kappa shape index (κ3) is 4.42. The lowest BCUT2D eigenvalue weighted by molar-refractivity contribution is -0.143. The van der Waals surface area contributed by atoms with Crippen molar-refractivity contribution in [2.75, 3.05) is 6.61 Å². The number of nitriles is 1. The fraction of sp³-hybridized carbons (Fsp3) is 0.444. The zero-order chi connectivity index (χ0) is 17.5. The van der Waals surface area contributed by atoms with E-state index in [2.05, 4.69) is 23.8 Å². The Morgan fingerprint density at radius 1 is 1.46 bits per heavy atom. The van der Waals surface area contributed by atoms with Gasteiger partial charge in [-0.1, -0.05) is 26.0 Å². The summed E-state index contributed by atoms with van der Waals surface area (Å²) in [4.78, 5) is 20.6. The molecule has 0 unspecified atom stereocenters. The second-order valence-electron chi connectivity index (χ2n) is 5.82. The van der Waals surface area contributed by atoms with Crippen LogP contribution in [0.3, 0.4) is 0 Å². The molecule has 126 valence electrons. The third-order valence-electron chi connectivity index (χ3n) is 3.38. The maximum atomic E-state index is 11.7. The molecular weight excluding hydrogens is 306 g/mol. The second kappa shape index (κ2) is 8.25. The zero-order valence-electron chi connectivity index (χ0n) is 14.1. The van der Waals surface area contributed by atoms with Crippen LogP contribution in [-0.2, 0) is 9.53 Å². The first-order chi connectivity index (χ1) is 11.5. The summed E-state index contributed by atoms with van der Waals surface area (Å²) in [6.07, 6.45) is 2.03. The molecule has 0 aliphatic carbocycles. The maximum absolute atomic E-state index is 11.7. The van der Waals surface area contributed by atoms with Gasteiger partial charge in [0.1, 0.15) is 11.6 Å². The van der Waals surface area contributed by atoms with E-state index in [1.54, 1.807) is 6.92 Å². The predicted octanol–water partition coefficient (Wildman–Crippen LogP) is 3.69. The first kappa shape index (κ1) is 17.7. The Morgan fingerprint density at radius 3 is 2.83 bits per heavy atom. The summed E-state index contributed by atoms with van der Waals surface area (Å²) < 4.78 is 10.7. The number of esters is 1. The molecule has 24 heavy (non-hydrogen) atoms. The topological polar surface area (TPSA) is 88.5 Å². The number of hydrogen-bond acceptors (Lipinski definition) is 6. The van der Waals surface area contributed by atoms with Crippen LogP contribution in [0.4, 0.5) is 0 Å². The van der Waals surface area contributed by atoms with Crippen molar-refractivity contribution in [2.24, 2.45) is 16.8 Å². The molecule has 2 atom stereocenters. The predicted molar refractivity (Wildman–Crippen MR) is 90.4 cm³/mol. The number of carbonyl (C=O) groups excluding carboxylic acids is 1. The number of para-hydroxylation sites is 2. The van der Waals surface area contributed by atoms with Crippen molar-refractivity contribution in [3.63, 3.8) is 0 Å². The maximum Gasteiger partial charge on any atom is 0.328 e. The summed E-state index contributed by atoms with van der Waals surface area (Å²) in [7, 11) is 0. The van der Waals surface area contributed by atoms with Crippen LogP contribution in [-0.4, -0.2) is 23.8 Å². The van der Waals surface area contributed by atoms with Gasteiger partial charge in [-0.3, -0.25) is 9.79 Å². The molecule has 0 amide bonds. The average Bonchev–Trinajstić information content (AvgIpc) is 2.98. The minimum Gasteiger partial charge on any atom is -0.465 e. The number of fused-ring (bicyclic) bond motifs is 1. The summed E-state index contributed by atoms with van der Waals surface area (Å²) in [6.45, 7) is 6.06. The molecule has 1 heterocycles. The van der Waals surface area contributed by atoms with Gasteiger partial charge in [0.25, 0.3) is 0 Å². The van der Waals surface area contributed by atoms with Crippen LogP contribution in [0.5, 0.6) is 0 Å². The van der Waals surface area contributed by atoms with Gasteiger partial charge in [0.15, 0.2) is 11.5 Å². The van der Waals surface area contributed by atoms with Crippen molar-refractivity contribution in [3.05, 3.63) is 30.2 Å². The van der Waals surface area contributed by atoms with Crippen LogP contribution in [0, 0.1) is 23.2 Å². The van der Waals surface area contributed by atoms with E-state index in [9.17, 15) is 4.79 Å². The molecule has 1 aromatic heterocycles. The van der Waals surface area contributed by atoms with E-state index in [0.29, 0.717) is 23.8 Å². The average molecular weight is 327 g/mol. The van der Waals surface area contributed by atoms with Crippen molar-refractivity contribution in [1.29, 1.82) is 5.26 Å². The number of aliphatic imine (C=N–C) groups is 1. The number of carbonyl (C=O) groups is 1. The summed E-state index contributed by atoms with van der Waals surface area (Å²) in [5.74, 6) is -0.777. The molecule has 0 aliphatic heterocycles. The fourth-order valence-electron chi connectivity index (χ4n) is 2.27. The molecule has 0 spiro atoms. The molecule has 0 N–H and O–H groups in total. The SMILES string of the molecule is CCOC(=O)[C@H](C#N)C=N[C@@H](CC(C)C)c1nc2ccccc2o1. The van der Waals surface area contributed by atoms with Gasteiger partial charge in [-0.25, -0.2) is 4.98 Å². The Labute approximate surface area is 141 Å². The molecule has 0 radical (unpaired) electrons. The normalized spacial score (nSPS) is 14.0. The summed E-state index contributed by atoms with van der Waals surface area (Å²) in [5.41, 5.74) is 1.46. The van der Waals surface area contributed by atoms with E-state index in [-0.39, 0.29) is 12.6 Å². The number of oxazole rings is 1. The lowest BCUT2D eigenvalue weighted by Crippen LogP contribution is -2.18. The molecule has 6 heteroatoms.